The average Bonchev–Trinajstić information content (AvgIpc) is 2.95. The molecular formula is C17H21N3O3S. The van der Waals surface area contributed by atoms with Gasteiger partial charge in [0.1, 0.15) is 0 Å². The predicted molar refractivity (Wildman–Crippen MR) is 90.9 cm³/mol. The molecule has 1 aliphatic rings. The fourth-order valence-corrected chi connectivity index (χ4v) is 3.14. The smallest absolute Gasteiger partial charge is 0.308 e. The van der Waals surface area contributed by atoms with Gasteiger partial charge in [0.25, 0.3) is 4.84 Å². The lowest BCUT2D eigenvalue weighted by Gasteiger charge is -2.29. The van der Waals surface area contributed by atoms with Gasteiger partial charge < -0.3 is 9.15 Å². The molecule has 1 aromatic carbocycles. The highest BCUT2D eigenvalue weighted by Gasteiger charge is 2.26. The van der Waals surface area contributed by atoms with Crippen LogP contribution in [0.15, 0.2) is 34.7 Å². The average molecular weight is 347 g/mol. The van der Waals surface area contributed by atoms with Gasteiger partial charge >= 0.3 is 5.97 Å². The molecule has 7 heteroatoms. The number of benzene rings is 1. The van der Waals surface area contributed by atoms with Crippen molar-refractivity contribution in [2.45, 2.75) is 25.9 Å². The van der Waals surface area contributed by atoms with E-state index in [9.17, 15) is 4.79 Å². The number of carbonyl (C=O) groups excluding carboxylic acids is 1. The summed E-state index contributed by atoms with van der Waals surface area (Å²) in [4.78, 5) is 14.2. The molecule has 0 aliphatic carbocycles. The van der Waals surface area contributed by atoms with E-state index in [1.807, 2.05) is 30.3 Å². The topological polar surface area (TPSA) is 60.5 Å². The van der Waals surface area contributed by atoms with Crippen LogP contribution in [0.25, 0.3) is 0 Å². The van der Waals surface area contributed by atoms with E-state index in [1.54, 1.807) is 4.68 Å². The van der Waals surface area contributed by atoms with E-state index in [4.69, 9.17) is 21.4 Å². The third-order valence-corrected chi connectivity index (χ3v) is 4.60. The molecule has 128 valence electrons. The number of hydrogen-bond donors (Lipinski definition) is 0. The molecular weight excluding hydrogens is 326 g/mol. The van der Waals surface area contributed by atoms with Crippen LogP contribution in [-0.4, -0.2) is 40.8 Å². The van der Waals surface area contributed by atoms with Crippen LogP contribution in [0.1, 0.15) is 24.3 Å². The van der Waals surface area contributed by atoms with Crippen LogP contribution in [0.5, 0.6) is 0 Å². The molecule has 0 amide bonds. The van der Waals surface area contributed by atoms with E-state index in [0.717, 1.165) is 31.5 Å². The molecule has 1 aromatic heterocycles. The van der Waals surface area contributed by atoms with Crippen molar-refractivity contribution in [3.63, 3.8) is 0 Å². The molecule has 3 rings (SSSR count). The normalized spacial score (nSPS) is 16.2. The summed E-state index contributed by atoms with van der Waals surface area (Å²) in [5, 5.41) is 4.48. The van der Waals surface area contributed by atoms with Crippen molar-refractivity contribution < 1.29 is 13.9 Å². The summed E-state index contributed by atoms with van der Waals surface area (Å²) in [5.74, 6) is 0.513. The van der Waals surface area contributed by atoms with Gasteiger partial charge in [0.05, 0.1) is 26.1 Å². The lowest BCUT2D eigenvalue weighted by Crippen LogP contribution is -2.38. The number of carbonyl (C=O) groups is 1. The number of aromatic nitrogens is 2. The number of likely N-dealkylation sites (tertiary alicyclic amines) is 1. The van der Waals surface area contributed by atoms with Crippen molar-refractivity contribution in [3.05, 3.63) is 46.6 Å². The van der Waals surface area contributed by atoms with E-state index in [0.29, 0.717) is 23.8 Å². The number of esters is 1. The molecule has 0 unspecified atom stereocenters. The Morgan fingerprint density at radius 1 is 1.33 bits per heavy atom. The molecule has 0 saturated carbocycles. The predicted octanol–water partition coefficient (Wildman–Crippen LogP) is 2.64. The fourth-order valence-electron chi connectivity index (χ4n) is 2.95. The first-order valence-electron chi connectivity index (χ1n) is 8.06. The second-order valence-electron chi connectivity index (χ2n) is 5.98. The summed E-state index contributed by atoms with van der Waals surface area (Å²) < 4.78 is 12.1. The molecule has 24 heavy (non-hydrogen) atoms. The zero-order chi connectivity index (χ0) is 16.9. The molecule has 1 aliphatic heterocycles. The van der Waals surface area contributed by atoms with Gasteiger partial charge in [0, 0.05) is 13.1 Å². The van der Waals surface area contributed by atoms with E-state index in [2.05, 4.69) is 10.00 Å². The summed E-state index contributed by atoms with van der Waals surface area (Å²) in [6.07, 6.45) is 2.23. The number of rotatable bonds is 5. The van der Waals surface area contributed by atoms with Gasteiger partial charge in [-0.15, -0.1) is 5.10 Å². The lowest BCUT2D eigenvalue weighted by atomic mass is 9.97. The molecule has 0 N–H and O–H groups in total. The van der Waals surface area contributed by atoms with Crippen molar-refractivity contribution in [1.82, 2.24) is 14.7 Å². The highest BCUT2D eigenvalue weighted by molar-refractivity contribution is 7.71. The van der Waals surface area contributed by atoms with Crippen molar-refractivity contribution in [2.24, 2.45) is 5.92 Å². The van der Waals surface area contributed by atoms with Gasteiger partial charge in [0.2, 0.25) is 5.89 Å². The van der Waals surface area contributed by atoms with Crippen LogP contribution in [0.3, 0.4) is 0 Å². The minimum atomic E-state index is -0.113. The molecule has 0 spiro atoms. The first kappa shape index (κ1) is 16.9. The maximum atomic E-state index is 11.6. The number of methoxy groups -OCH3 is 1. The zero-order valence-corrected chi connectivity index (χ0v) is 14.5. The highest BCUT2D eigenvalue weighted by atomic mass is 32.1. The maximum Gasteiger partial charge on any atom is 0.308 e. The SMILES string of the molecule is COC(=O)C1CCN(Cn2nc(Cc3ccccc3)oc2=S)CC1. The van der Waals surface area contributed by atoms with Gasteiger partial charge in [0.15, 0.2) is 0 Å². The van der Waals surface area contributed by atoms with Gasteiger partial charge in [-0.2, -0.15) is 0 Å². The molecule has 6 nitrogen and oxygen atoms in total. The Hall–Kier alpha value is -1.99. The Morgan fingerprint density at radius 3 is 2.71 bits per heavy atom. The molecule has 0 bridgehead atoms. The Labute approximate surface area is 146 Å². The number of piperidine rings is 1. The maximum absolute atomic E-state index is 11.6. The van der Waals surface area contributed by atoms with Crippen molar-refractivity contribution in [3.8, 4) is 0 Å². The molecule has 2 aromatic rings. The van der Waals surface area contributed by atoms with E-state index >= 15 is 0 Å². The number of nitrogens with zero attached hydrogens (tertiary/aromatic N) is 3. The number of ether oxygens (including phenoxy) is 1. The molecule has 0 radical (unpaired) electrons. The summed E-state index contributed by atoms with van der Waals surface area (Å²) in [5.41, 5.74) is 1.14. The lowest BCUT2D eigenvalue weighted by molar-refractivity contribution is -0.147. The van der Waals surface area contributed by atoms with Crippen molar-refractivity contribution in [2.75, 3.05) is 20.2 Å². The second kappa shape index (κ2) is 7.72. The van der Waals surface area contributed by atoms with Crippen LogP contribution in [-0.2, 0) is 22.6 Å². The monoisotopic (exact) mass is 347 g/mol. The largest absolute Gasteiger partial charge is 0.469 e. The summed E-state index contributed by atoms with van der Waals surface area (Å²) in [6.45, 7) is 2.23. The van der Waals surface area contributed by atoms with Gasteiger partial charge in [-0.25, -0.2) is 4.68 Å². The van der Waals surface area contributed by atoms with Crippen molar-refractivity contribution >= 4 is 18.2 Å². The van der Waals surface area contributed by atoms with Crippen LogP contribution in [0.2, 0.25) is 0 Å². The molecule has 1 saturated heterocycles. The minimum absolute atomic E-state index is 0.00479. The first-order valence-corrected chi connectivity index (χ1v) is 8.47. The summed E-state index contributed by atoms with van der Waals surface area (Å²) in [6, 6.07) is 10.0. The van der Waals surface area contributed by atoms with Gasteiger partial charge in [-0.05, 0) is 30.6 Å². The Morgan fingerprint density at radius 2 is 2.04 bits per heavy atom. The van der Waals surface area contributed by atoms with Gasteiger partial charge in [-0.3, -0.25) is 9.69 Å². The third kappa shape index (κ3) is 4.10. The molecule has 0 atom stereocenters. The van der Waals surface area contributed by atoms with Crippen LogP contribution in [0, 0.1) is 10.8 Å². The Bertz CT molecular complexity index is 733. The van der Waals surface area contributed by atoms with E-state index in [-0.39, 0.29) is 11.9 Å². The van der Waals surface area contributed by atoms with E-state index < -0.39 is 0 Å². The van der Waals surface area contributed by atoms with E-state index in [1.165, 1.54) is 7.11 Å². The summed E-state index contributed by atoms with van der Waals surface area (Å²) in [7, 11) is 1.44. The minimum Gasteiger partial charge on any atom is -0.469 e. The van der Waals surface area contributed by atoms with Crippen molar-refractivity contribution in [1.29, 1.82) is 0 Å². The van der Waals surface area contributed by atoms with Crippen LogP contribution in [0.4, 0.5) is 0 Å². The Kier molecular flexibility index (Phi) is 5.42. The third-order valence-electron chi connectivity index (χ3n) is 4.30. The van der Waals surface area contributed by atoms with Crippen LogP contribution < -0.4 is 0 Å². The standard InChI is InChI=1S/C17H21N3O3S/c1-22-16(21)14-7-9-19(10-8-14)12-20-17(24)23-15(18-20)11-13-5-3-2-4-6-13/h2-6,14H,7-12H2,1H3. The van der Waals surface area contributed by atoms with Crippen LogP contribution >= 0.6 is 12.2 Å². The Balaban J connectivity index is 1.58. The number of hydrogen-bond acceptors (Lipinski definition) is 6. The van der Waals surface area contributed by atoms with Gasteiger partial charge in [-0.1, -0.05) is 30.3 Å². The fraction of sp³-hybridized carbons (Fsp3) is 0.471. The zero-order valence-electron chi connectivity index (χ0n) is 13.7. The molecule has 2 heterocycles. The first-order chi connectivity index (χ1) is 11.7. The molecule has 1 fully saturated rings. The second-order valence-corrected chi connectivity index (χ2v) is 6.33. The highest BCUT2D eigenvalue weighted by Crippen LogP contribution is 2.19. The quantitative estimate of drug-likeness (QED) is 0.612. The summed E-state index contributed by atoms with van der Waals surface area (Å²) >= 11 is 5.27.